The van der Waals surface area contributed by atoms with E-state index in [1.807, 2.05) is 13.8 Å². The molecule has 0 aliphatic heterocycles. The maximum absolute atomic E-state index is 10.5. The molecular formula is C16H14Br4O2. The molecule has 22 heavy (non-hydrogen) atoms. The first kappa shape index (κ1) is 18.3. The smallest absolute Gasteiger partial charge is 0.179 e. The van der Waals surface area contributed by atoms with Crippen molar-refractivity contribution >= 4 is 64.0 Å². The zero-order valence-corrected chi connectivity index (χ0v) is 18.8. The van der Waals surface area contributed by atoms with Gasteiger partial charge in [-0.25, -0.2) is 0 Å². The van der Waals surface area contributed by atoms with Crippen molar-refractivity contribution in [1.82, 2.24) is 0 Å². The molecule has 0 heterocycles. The van der Waals surface area contributed by atoms with E-state index in [1.165, 1.54) is 11.1 Å². The van der Waals surface area contributed by atoms with Gasteiger partial charge in [0.15, 0.2) is 16.3 Å². The summed E-state index contributed by atoms with van der Waals surface area (Å²) in [5, 5.41) is 10.5. The summed E-state index contributed by atoms with van der Waals surface area (Å²) in [6.45, 7) is 8.20. The average molecular weight is 558 g/mol. The van der Waals surface area contributed by atoms with Gasteiger partial charge in [0.1, 0.15) is 11.5 Å². The Labute approximate surface area is 164 Å². The number of aromatic hydroxyl groups is 1. The van der Waals surface area contributed by atoms with E-state index in [4.69, 9.17) is 3.83 Å². The second-order valence-corrected chi connectivity index (χ2v) is 7.93. The summed E-state index contributed by atoms with van der Waals surface area (Å²) in [5.74, 6) is 0.893. The highest BCUT2D eigenvalue weighted by molar-refractivity contribution is 9.14. The summed E-state index contributed by atoms with van der Waals surface area (Å²) < 4.78 is 7.88. The number of halogens is 4. The largest absolute Gasteiger partial charge is 0.507 e. The minimum atomic E-state index is 0.179. The Bertz CT molecular complexity index is 770. The Morgan fingerprint density at radius 2 is 1.36 bits per heavy atom. The van der Waals surface area contributed by atoms with Crippen molar-refractivity contribution in [2.75, 3.05) is 0 Å². The summed E-state index contributed by atoms with van der Waals surface area (Å²) in [4.78, 5) is 0. The van der Waals surface area contributed by atoms with E-state index in [9.17, 15) is 5.11 Å². The predicted octanol–water partition coefficient (Wildman–Crippen LogP) is 7.27. The zero-order chi connectivity index (χ0) is 16.8. The van der Waals surface area contributed by atoms with Crippen LogP contribution in [0.3, 0.4) is 0 Å². The second-order valence-electron chi connectivity index (χ2n) is 5.16. The number of phenols is 1. The topological polar surface area (TPSA) is 29.5 Å². The Kier molecular flexibility index (Phi) is 5.68. The Morgan fingerprint density at radius 1 is 0.818 bits per heavy atom. The molecule has 0 aliphatic carbocycles. The van der Waals surface area contributed by atoms with E-state index < -0.39 is 0 Å². The fourth-order valence-electron chi connectivity index (χ4n) is 2.50. The van der Waals surface area contributed by atoms with Gasteiger partial charge in [-0.05, 0) is 104 Å². The van der Waals surface area contributed by atoms with Gasteiger partial charge < -0.3 is 8.93 Å². The lowest BCUT2D eigenvalue weighted by atomic mass is 9.89. The molecule has 0 bridgehead atoms. The molecule has 0 aromatic heterocycles. The molecule has 0 amide bonds. The Balaban J connectivity index is 2.99. The van der Waals surface area contributed by atoms with Crippen LogP contribution in [0.1, 0.15) is 22.3 Å². The number of phenolic OH excluding ortho intramolecular Hbond substituents is 1. The molecule has 2 nitrogen and oxygen atoms in total. The minimum Gasteiger partial charge on any atom is -0.507 e. The van der Waals surface area contributed by atoms with E-state index in [0.29, 0.717) is 11.3 Å². The number of hydrogen-bond donors (Lipinski definition) is 1. The molecular weight excluding hydrogens is 544 g/mol. The highest BCUT2D eigenvalue weighted by Gasteiger charge is 2.24. The molecule has 1 N–H and O–H groups in total. The molecule has 2 aromatic carbocycles. The Morgan fingerprint density at radius 3 is 1.91 bits per heavy atom. The third-order valence-corrected chi connectivity index (χ3v) is 7.73. The van der Waals surface area contributed by atoms with Crippen molar-refractivity contribution in [2.24, 2.45) is 0 Å². The van der Waals surface area contributed by atoms with Crippen LogP contribution in [0.25, 0.3) is 11.1 Å². The van der Waals surface area contributed by atoms with Gasteiger partial charge in [0.25, 0.3) is 0 Å². The van der Waals surface area contributed by atoms with Crippen LogP contribution < -0.4 is 3.83 Å². The molecule has 0 aliphatic rings. The van der Waals surface area contributed by atoms with Gasteiger partial charge in [-0.15, -0.1) is 0 Å². The van der Waals surface area contributed by atoms with Crippen molar-refractivity contribution in [3.05, 3.63) is 41.7 Å². The van der Waals surface area contributed by atoms with Gasteiger partial charge in [-0.3, -0.25) is 0 Å². The lowest BCUT2D eigenvalue weighted by Gasteiger charge is -2.21. The van der Waals surface area contributed by atoms with Crippen LogP contribution in [0.2, 0.25) is 0 Å². The number of benzene rings is 2. The van der Waals surface area contributed by atoms with E-state index in [1.54, 1.807) is 6.07 Å². The summed E-state index contributed by atoms with van der Waals surface area (Å²) in [6, 6.07) is 1.67. The summed E-state index contributed by atoms with van der Waals surface area (Å²) in [7, 11) is 0. The van der Waals surface area contributed by atoms with Gasteiger partial charge in [-0.2, -0.15) is 0 Å². The number of rotatable bonds is 2. The monoisotopic (exact) mass is 554 g/mol. The van der Waals surface area contributed by atoms with Crippen molar-refractivity contribution in [3.63, 3.8) is 0 Å². The van der Waals surface area contributed by atoms with Gasteiger partial charge in [0.2, 0.25) is 0 Å². The summed E-state index contributed by atoms with van der Waals surface area (Å²) >= 11 is 13.6. The van der Waals surface area contributed by atoms with E-state index in [2.05, 4.69) is 77.9 Å². The SMILES string of the molecule is Cc1c(C)c(C)c(-c2c(O)cc(Br)c(Br)c2Br)c(OBr)c1C. The van der Waals surface area contributed by atoms with Crippen LogP contribution in [0, 0.1) is 27.7 Å². The molecule has 2 aromatic rings. The lowest BCUT2D eigenvalue weighted by Crippen LogP contribution is -1.99. The Hall–Kier alpha value is -0.0400. The van der Waals surface area contributed by atoms with Gasteiger partial charge >= 0.3 is 0 Å². The molecule has 0 saturated heterocycles. The maximum Gasteiger partial charge on any atom is 0.179 e. The van der Waals surface area contributed by atoms with Crippen LogP contribution in [0.15, 0.2) is 19.5 Å². The van der Waals surface area contributed by atoms with E-state index in [0.717, 1.165) is 30.1 Å². The van der Waals surface area contributed by atoms with Crippen LogP contribution in [-0.2, 0) is 0 Å². The number of hydrogen-bond acceptors (Lipinski definition) is 2. The summed E-state index contributed by atoms with van der Waals surface area (Å²) in [6.07, 6.45) is 0. The first-order chi connectivity index (χ1) is 10.2. The van der Waals surface area contributed by atoms with Crippen LogP contribution in [0.5, 0.6) is 11.5 Å². The van der Waals surface area contributed by atoms with Crippen LogP contribution in [0.4, 0.5) is 0 Å². The normalized spacial score (nSPS) is 10.9. The van der Waals surface area contributed by atoms with Crippen molar-refractivity contribution in [3.8, 4) is 22.6 Å². The average Bonchev–Trinajstić information content (AvgIpc) is 2.48. The van der Waals surface area contributed by atoms with Crippen molar-refractivity contribution < 1.29 is 8.93 Å². The van der Waals surface area contributed by atoms with Gasteiger partial charge in [-0.1, -0.05) is 0 Å². The van der Waals surface area contributed by atoms with E-state index in [-0.39, 0.29) is 5.75 Å². The standard InChI is InChI=1S/C16H14Br4O2/c1-6-7(2)9(4)16(22-20)12(8(6)3)13-11(21)5-10(17)14(18)15(13)19/h5,21H,1-4H3. The molecule has 0 unspecified atom stereocenters. The second kappa shape index (κ2) is 6.83. The fraction of sp³-hybridized carbons (Fsp3) is 0.250. The van der Waals surface area contributed by atoms with Gasteiger partial charge in [0, 0.05) is 24.5 Å². The minimum absolute atomic E-state index is 0.179. The van der Waals surface area contributed by atoms with Gasteiger partial charge in [0.05, 0.1) is 0 Å². The third kappa shape index (κ3) is 2.87. The molecule has 0 radical (unpaired) electrons. The predicted molar refractivity (Wildman–Crippen MR) is 105 cm³/mol. The highest BCUT2D eigenvalue weighted by atomic mass is 79.9. The molecule has 0 spiro atoms. The van der Waals surface area contributed by atoms with Crippen molar-refractivity contribution in [2.45, 2.75) is 27.7 Å². The molecule has 6 heteroatoms. The first-order valence-corrected chi connectivity index (χ1v) is 9.50. The first-order valence-electron chi connectivity index (χ1n) is 6.48. The maximum atomic E-state index is 10.5. The molecule has 0 fully saturated rings. The van der Waals surface area contributed by atoms with Crippen LogP contribution >= 0.6 is 64.0 Å². The van der Waals surface area contributed by atoms with E-state index >= 15 is 0 Å². The molecule has 2 rings (SSSR count). The molecule has 0 atom stereocenters. The lowest BCUT2D eigenvalue weighted by molar-refractivity contribution is 0.476. The van der Waals surface area contributed by atoms with Crippen molar-refractivity contribution in [1.29, 1.82) is 0 Å². The summed E-state index contributed by atoms with van der Waals surface area (Å²) in [5.41, 5.74) is 6.06. The quantitative estimate of drug-likeness (QED) is 0.394. The highest BCUT2D eigenvalue weighted by Crippen LogP contribution is 2.50. The molecule has 118 valence electrons. The fourth-order valence-corrected chi connectivity index (χ4v) is 4.51. The zero-order valence-electron chi connectivity index (χ0n) is 12.4. The van der Waals surface area contributed by atoms with Crippen LogP contribution in [-0.4, -0.2) is 5.11 Å². The molecule has 0 saturated carbocycles. The third-order valence-electron chi connectivity index (χ3n) is 4.10.